The maximum Gasteiger partial charge on any atom is 0.224 e. The molecule has 0 aromatic carbocycles. The second-order valence-electron chi connectivity index (χ2n) is 4.10. The highest BCUT2D eigenvalue weighted by atomic mass is 16.3. The first-order chi connectivity index (χ1) is 9.15. The first-order valence-electron chi connectivity index (χ1n) is 6.56. The predicted octanol–water partition coefficient (Wildman–Crippen LogP) is -0.434. The number of carbonyl (C=O) groups excluding carboxylic acids is 2. The highest BCUT2D eigenvalue weighted by Gasteiger charge is 2.20. The SMILES string of the molecule is CC/C=C/CC(CC(=O)NCCO)C(=O)NCCO. The summed E-state index contributed by atoms with van der Waals surface area (Å²) in [5.41, 5.74) is 0. The van der Waals surface area contributed by atoms with E-state index in [1.807, 2.05) is 19.1 Å². The van der Waals surface area contributed by atoms with Crippen molar-refractivity contribution in [2.45, 2.75) is 26.2 Å². The maximum atomic E-state index is 11.8. The van der Waals surface area contributed by atoms with Gasteiger partial charge >= 0.3 is 0 Å². The average Bonchev–Trinajstić information content (AvgIpc) is 2.41. The summed E-state index contributed by atoms with van der Waals surface area (Å²) in [6.07, 6.45) is 5.26. The molecule has 0 saturated heterocycles. The average molecular weight is 272 g/mol. The molecule has 0 aromatic rings. The van der Waals surface area contributed by atoms with Gasteiger partial charge in [-0.1, -0.05) is 19.1 Å². The van der Waals surface area contributed by atoms with Gasteiger partial charge in [0.05, 0.1) is 19.1 Å². The topological polar surface area (TPSA) is 98.7 Å². The summed E-state index contributed by atoms with van der Waals surface area (Å²) in [4.78, 5) is 23.4. The summed E-state index contributed by atoms with van der Waals surface area (Å²) in [7, 11) is 0. The van der Waals surface area contributed by atoms with Crippen LogP contribution in [0.25, 0.3) is 0 Å². The van der Waals surface area contributed by atoms with Crippen molar-refractivity contribution in [3.63, 3.8) is 0 Å². The molecule has 0 saturated carbocycles. The van der Waals surface area contributed by atoms with Crippen LogP contribution in [-0.2, 0) is 9.59 Å². The molecule has 0 bridgehead atoms. The molecule has 0 aromatic heterocycles. The third kappa shape index (κ3) is 9.21. The van der Waals surface area contributed by atoms with Crippen LogP contribution in [0.1, 0.15) is 26.2 Å². The third-order valence-corrected chi connectivity index (χ3v) is 2.47. The van der Waals surface area contributed by atoms with Crippen molar-refractivity contribution in [1.29, 1.82) is 0 Å². The van der Waals surface area contributed by atoms with Gasteiger partial charge in [0.2, 0.25) is 11.8 Å². The maximum absolute atomic E-state index is 11.8. The van der Waals surface area contributed by atoms with E-state index in [0.717, 1.165) is 6.42 Å². The van der Waals surface area contributed by atoms with Gasteiger partial charge in [-0.25, -0.2) is 0 Å². The molecule has 0 spiro atoms. The first-order valence-corrected chi connectivity index (χ1v) is 6.56. The van der Waals surface area contributed by atoms with Gasteiger partial charge in [0.15, 0.2) is 0 Å². The third-order valence-electron chi connectivity index (χ3n) is 2.47. The molecule has 19 heavy (non-hydrogen) atoms. The normalized spacial score (nSPS) is 12.4. The summed E-state index contributed by atoms with van der Waals surface area (Å²) in [5, 5.41) is 22.4. The molecule has 1 atom stereocenters. The van der Waals surface area contributed by atoms with E-state index >= 15 is 0 Å². The van der Waals surface area contributed by atoms with E-state index in [9.17, 15) is 9.59 Å². The Balaban J connectivity index is 4.35. The molecule has 0 aliphatic carbocycles. The summed E-state index contributed by atoms with van der Waals surface area (Å²) in [6, 6.07) is 0. The Morgan fingerprint density at radius 1 is 1.11 bits per heavy atom. The quantitative estimate of drug-likeness (QED) is 0.405. The summed E-state index contributed by atoms with van der Waals surface area (Å²) in [5.74, 6) is -0.954. The van der Waals surface area contributed by atoms with E-state index in [4.69, 9.17) is 10.2 Å². The zero-order chi connectivity index (χ0) is 14.5. The summed E-state index contributed by atoms with van der Waals surface area (Å²) < 4.78 is 0. The lowest BCUT2D eigenvalue weighted by molar-refractivity contribution is -0.130. The molecule has 6 nitrogen and oxygen atoms in total. The van der Waals surface area contributed by atoms with E-state index < -0.39 is 5.92 Å². The lowest BCUT2D eigenvalue weighted by Crippen LogP contribution is -2.36. The first kappa shape index (κ1) is 17.6. The zero-order valence-corrected chi connectivity index (χ0v) is 11.4. The Hall–Kier alpha value is -1.40. The monoisotopic (exact) mass is 272 g/mol. The lowest BCUT2D eigenvalue weighted by atomic mass is 9.99. The Bertz CT molecular complexity index is 292. The second-order valence-corrected chi connectivity index (χ2v) is 4.10. The number of rotatable bonds is 10. The minimum Gasteiger partial charge on any atom is -0.395 e. The molecule has 0 fully saturated rings. The Morgan fingerprint density at radius 2 is 1.74 bits per heavy atom. The van der Waals surface area contributed by atoms with Crippen LogP contribution in [0.2, 0.25) is 0 Å². The van der Waals surface area contributed by atoms with Crippen LogP contribution in [0.15, 0.2) is 12.2 Å². The van der Waals surface area contributed by atoms with Crippen LogP contribution < -0.4 is 10.6 Å². The van der Waals surface area contributed by atoms with Gasteiger partial charge in [0, 0.05) is 19.5 Å². The molecule has 0 aliphatic heterocycles. The fourth-order valence-electron chi connectivity index (χ4n) is 1.52. The van der Waals surface area contributed by atoms with Gasteiger partial charge in [-0.2, -0.15) is 0 Å². The van der Waals surface area contributed by atoms with Crippen molar-refractivity contribution in [1.82, 2.24) is 10.6 Å². The smallest absolute Gasteiger partial charge is 0.224 e. The van der Waals surface area contributed by atoms with Gasteiger partial charge < -0.3 is 20.8 Å². The van der Waals surface area contributed by atoms with Crippen molar-refractivity contribution >= 4 is 11.8 Å². The molecule has 0 radical (unpaired) electrons. The molecule has 1 unspecified atom stereocenters. The van der Waals surface area contributed by atoms with Crippen molar-refractivity contribution in [3.8, 4) is 0 Å². The molecule has 110 valence electrons. The molecule has 0 aliphatic rings. The van der Waals surface area contributed by atoms with E-state index in [1.165, 1.54) is 0 Å². The molecule has 0 heterocycles. The predicted molar refractivity (Wildman–Crippen MR) is 72.3 cm³/mol. The summed E-state index contributed by atoms with van der Waals surface area (Å²) in [6.45, 7) is 2.12. The van der Waals surface area contributed by atoms with Gasteiger partial charge in [-0.3, -0.25) is 9.59 Å². The van der Waals surface area contributed by atoms with Crippen LogP contribution >= 0.6 is 0 Å². The number of aliphatic hydroxyl groups excluding tert-OH is 2. The molecule has 6 heteroatoms. The van der Waals surface area contributed by atoms with Crippen LogP contribution in [0.4, 0.5) is 0 Å². The number of allylic oxidation sites excluding steroid dienone is 2. The van der Waals surface area contributed by atoms with Crippen LogP contribution in [0.3, 0.4) is 0 Å². The Morgan fingerprint density at radius 3 is 2.32 bits per heavy atom. The number of aliphatic hydroxyl groups is 2. The summed E-state index contributed by atoms with van der Waals surface area (Å²) >= 11 is 0. The van der Waals surface area contributed by atoms with E-state index in [2.05, 4.69) is 10.6 Å². The number of hydrogen-bond donors (Lipinski definition) is 4. The minimum absolute atomic E-state index is 0.0747. The molecule has 2 amide bonds. The van der Waals surface area contributed by atoms with Crippen molar-refractivity contribution in [2.24, 2.45) is 5.92 Å². The second kappa shape index (κ2) is 11.7. The van der Waals surface area contributed by atoms with Crippen molar-refractivity contribution in [2.75, 3.05) is 26.3 Å². The zero-order valence-electron chi connectivity index (χ0n) is 11.4. The highest BCUT2D eigenvalue weighted by Crippen LogP contribution is 2.10. The van der Waals surface area contributed by atoms with E-state index in [0.29, 0.717) is 6.42 Å². The van der Waals surface area contributed by atoms with Gasteiger partial charge in [-0.15, -0.1) is 0 Å². The molecular formula is C13H24N2O4. The Labute approximate surface area is 113 Å². The lowest BCUT2D eigenvalue weighted by Gasteiger charge is -2.14. The van der Waals surface area contributed by atoms with E-state index in [-0.39, 0.29) is 44.5 Å². The van der Waals surface area contributed by atoms with Crippen LogP contribution in [0.5, 0.6) is 0 Å². The Kier molecular flexibility index (Phi) is 10.8. The molecule has 4 N–H and O–H groups in total. The number of hydrogen-bond acceptors (Lipinski definition) is 4. The number of nitrogens with one attached hydrogen (secondary N) is 2. The molecular weight excluding hydrogens is 248 g/mol. The van der Waals surface area contributed by atoms with Crippen LogP contribution in [-0.4, -0.2) is 48.3 Å². The minimum atomic E-state index is -0.451. The van der Waals surface area contributed by atoms with Crippen molar-refractivity contribution in [3.05, 3.63) is 12.2 Å². The van der Waals surface area contributed by atoms with Gasteiger partial charge in [-0.05, 0) is 12.8 Å². The van der Waals surface area contributed by atoms with Gasteiger partial charge in [0.1, 0.15) is 0 Å². The largest absolute Gasteiger partial charge is 0.395 e. The fraction of sp³-hybridized carbons (Fsp3) is 0.692. The highest BCUT2D eigenvalue weighted by molar-refractivity contribution is 5.85. The van der Waals surface area contributed by atoms with Crippen LogP contribution in [0, 0.1) is 5.92 Å². The van der Waals surface area contributed by atoms with Gasteiger partial charge in [0.25, 0.3) is 0 Å². The van der Waals surface area contributed by atoms with E-state index in [1.54, 1.807) is 0 Å². The number of amides is 2. The fourth-order valence-corrected chi connectivity index (χ4v) is 1.52. The standard InChI is InChI=1S/C13H24N2O4/c1-2-3-4-5-11(13(19)15-7-9-17)10-12(18)14-6-8-16/h3-4,11,16-17H,2,5-10H2,1H3,(H,14,18)(H,15,19)/b4-3+. The number of carbonyl (C=O) groups is 2. The molecule has 0 rings (SSSR count). The van der Waals surface area contributed by atoms with Crippen molar-refractivity contribution < 1.29 is 19.8 Å².